The van der Waals surface area contributed by atoms with Crippen LogP contribution < -0.4 is 5.32 Å². The first-order valence-electron chi connectivity index (χ1n) is 5.66. The van der Waals surface area contributed by atoms with Gasteiger partial charge in [0.15, 0.2) is 0 Å². The van der Waals surface area contributed by atoms with Crippen LogP contribution in [0.3, 0.4) is 0 Å². The van der Waals surface area contributed by atoms with Crippen LogP contribution in [0.1, 0.15) is 38.7 Å². The van der Waals surface area contributed by atoms with Gasteiger partial charge < -0.3 is 5.32 Å². The third-order valence-electron chi connectivity index (χ3n) is 2.51. The Morgan fingerprint density at radius 1 is 1.40 bits per heavy atom. The molecule has 1 aromatic carbocycles. The highest BCUT2D eigenvalue weighted by Crippen LogP contribution is 2.24. The molecular formula is C13H20ClN. The van der Waals surface area contributed by atoms with Gasteiger partial charge in [0, 0.05) is 6.04 Å². The van der Waals surface area contributed by atoms with Gasteiger partial charge in [-0.25, -0.2) is 0 Å². The highest BCUT2D eigenvalue weighted by atomic mass is 35.5. The van der Waals surface area contributed by atoms with E-state index in [9.17, 15) is 0 Å². The molecule has 0 amide bonds. The summed E-state index contributed by atoms with van der Waals surface area (Å²) in [5, 5.41) is 4.26. The second kappa shape index (κ2) is 6.02. The molecule has 2 heteroatoms. The zero-order valence-electron chi connectivity index (χ0n) is 9.81. The third-order valence-corrected chi connectivity index (χ3v) is 2.84. The lowest BCUT2D eigenvalue weighted by Gasteiger charge is -2.16. The summed E-state index contributed by atoms with van der Waals surface area (Å²) in [6.45, 7) is 6.50. The van der Waals surface area contributed by atoms with Crippen LogP contribution in [0.15, 0.2) is 18.2 Å². The van der Waals surface area contributed by atoms with Gasteiger partial charge in [-0.05, 0) is 38.0 Å². The summed E-state index contributed by atoms with van der Waals surface area (Å²) in [6.07, 6.45) is 3.70. The molecule has 1 rings (SSSR count). The summed E-state index contributed by atoms with van der Waals surface area (Å²) >= 11 is 6.11. The molecule has 0 saturated heterocycles. The van der Waals surface area contributed by atoms with E-state index in [-0.39, 0.29) is 0 Å². The van der Waals surface area contributed by atoms with Crippen LogP contribution in [0.25, 0.3) is 0 Å². The quantitative estimate of drug-likeness (QED) is 0.770. The molecule has 0 aliphatic carbocycles. The molecule has 0 fully saturated rings. The van der Waals surface area contributed by atoms with Crippen LogP contribution >= 0.6 is 11.6 Å². The summed E-state index contributed by atoms with van der Waals surface area (Å²) in [6, 6.07) is 6.57. The molecule has 1 unspecified atom stereocenters. The molecule has 1 aromatic rings. The molecule has 0 spiro atoms. The summed E-state index contributed by atoms with van der Waals surface area (Å²) in [5.41, 5.74) is 2.30. The van der Waals surface area contributed by atoms with Gasteiger partial charge in [-0.15, -0.1) is 0 Å². The SMILES string of the molecule is CCCCC(C)Nc1cc(C)ccc1Cl. The zero-order chi connectivity index (χ0) is 11.3. The van der Waals surface area contributed by atoms with Gasteiger partial charge in [-0.3, -0.25) is 0 Å². The molecule has 84 valence electrons. The topological polar surface area (TPSA) is 12.0 Å². The van der Waals surface area contributed by atoms with Crippen LogP contribution in [0.4, 0.5) is 5.69 Å². The minimum absolute atomic E-state index is 0.490. The summed E-state index contributed by atoms with van der Waals surface area (Å²) in [7, 11) is 0. The summed E-state index contributed by atoms with van der Waals surface area (Å²) < 4.78 is 0. The summed E-state index contributed by atoms with van der Waals surface area (Å²) in [5.74, 6) is 0. The van der Waals surface area contributed by atoms with E-state index < -0.39 is 0 Å². The first-order valence-corrected chi connectivity index (χ1v) is 6.04. The Morgan fingerprint density at radius 2 is 2.13 bits per heavy atom. The molecule has 0 aliphatic heterocycles. The molecule has 0 bridgehead atoms. The standard InChI is InChI=1S/C13H20ClN/c1-4-5-6-11(3)15-13-9-10(2)7-8-12(13)14/h7-9,11,15H,4-6H2,1-3H3. The Balaban J connectivity index is 2.59. The van der Waals surface area contributed by atoms with E-state index in [1.54, 1.807) is 0 Å². The van der Waals surface area contributed by atoms with E-state index >= 15 is 0 Å². The molecule has 15 heavy (non-hydrogen) atoms. The predicted octanol–water partition coefficient (Wildman–Crippen LogP) is 4.64. The highest BCUT2D eigenvalue weighted by molar-refractivity contribution is 6.33. The maximum absolute atomic E-state index is 6.11. The molecule has 0 aliphatic rings. The van der Waals surface area contributed by atoms with Crippen LogP contribution in [0.2, 0.25) is 5.02 Å². The average Bonchev–Trinajstić information content (AvgIpc) is 2.20. The number of unbranched alkanes of at least 4 members (excludes halogenated alkanes) is 1. The van der Waals surface area contributed by atoms with Crippen LogP contribution in [-0.2, 0) is 0 Å². The Morgan fingerprint density at radius 3 is 2.80 bits per heavy atom. The van der Waals surface area contributed by atoms with E-state index in [0.717, 1.165) is 10.7 Å². The van der Waals surface area contributed by atoms with E-state index in [1.807, 2.05) is 12.1 Å². The van der Waals surface area contributed by atoms with E-state index in [0.29, 0.717) is 6.04 Å². The van der Waals surface area contributed by atoms with E-state index in [4.69, 9.17) is 11.6 Å². The first-order chi connectivity index (χ1) is 7.13. The normalized spacial score (nSPS) is 12.5. The minimum atomic E-state index is 0.490. The van der Waals surface area contributed by atoms with Crippen molar-refractivity contribution >= 4 is 17.3 Å². The maximum atomic E-state index is 6.11. The number of nitrogens with one attached hydrogen (secondary N) is 1. The second-order valence-electron chi connectivity index (χ2n) is 4.17. The number of aryl methyl sites for hydroxylation is 1. The molecule has 0 aromatic heterocycles. The van der Waals surface area contributed by atoms with Gasteiger partial charge in [0.05, 0.1) is 10.7 Å². The average molecular weight is 226 g/mol. The van der Waals surface area contributed by atoms with Gasteiger partial charge in [0.25, 0.3) is 0 Å². The minimum Gasteiger partial charge on any atom is -0.381 e. The number of anilines is 1. The monoisotopic (exact) mass is 225 g/mol. The molecule has 0 radical (unpaired) electrons. The van der Waals surface area contributed by atoms with Crippen molar-refractivity contribution in [3.63, 3.8) is 0 Å². The van der Waals surface area contributed by atoms with Crippen molar-refractivity contribution in [3.8, 4) is 0 Å². The fourth-order valence-electron chi connectivity index (χ4n) is 1.60. The Labute approximate surface area is 97.8 Å². The summed E-state index contributed by atoms with van der Waals surface area (Å²) in [4.78, 5) is 0. The van der Waals surface area contributed by atoms with Crippen molar-refractivity contribution in [2.45, 2.75) is 46.1 Å². The number of hydrogen-bond acceptors (Lipinski definition) is 1. The highest BCUT2D eigenvalue weighted by Gasteiger charge is 2.04. The van der Waals surface area contributed by atoms with Crippen molar-refractivity contribution in [2.24, 2.45) is 0 Å². The Hall–Kier alpha value is -0.690. The van der Waals surface area contributed by atoms with Crippen molar-refractivity contribution in [1.82, 2.24) is 0 Å². The van der Waals surface area contributed by atoms with Crippen molar-refractivity contribution in [3.05, 3.63) is 28.8 Å². The Bertz CT molecular complexity index is 309. The first kappa shape index (κ1) is 12.4. The molecule has 1 N–H and O–H groups in total. The van der Waals surface area contributed by atoms with Crippen LogP contribution in [-0.4, -0.2) is 6.04 Å². The number of halogens is 1. The number of rotatable bonds is 5. The predicted molar refractivity (Wildman–Crippen MR) is 68.8 cm³/mol. The van der Waals surface area contributed by atoms with Crippen LogP contribution in [0, 0.1) is 6.92 Å². The Kier molecular flexibility index (Phi) is 4.97. The molecule has 1 atom stereocenters. The van der Waals surface area contributed by atoms with Crippen molar-refractivity contribution in [1.29, 1.82) is 0 Å². The van der Waals surface area contributed by atoms with Crippen molar-refractivity contribution < 1.29 is 0 Å². The lowest BCUT2D eigenvalue weighted by atomic mass is 10.1. The van der Waals surface area contributed by atoms with Gasteiger partial charge in [0.1, 0.15) is 0 Å². The lowest BCUT2D eigenvalue weighted by Crippen LogP contribution is -2.15. The van der Waals surface area contributed by atoms with E-state index in [1.165, 1.54) is 24.8 Å². The fraction of sp³-hybridized carbons (Fsp3) is 0.538. The number of benzene rings is 1. The largest absolute Gasteiger partial charge is 0.381 e. The molecular weight excluding hydrogens is 206 g/mol. The van der Waals surface area contributed by atoms with Gasteiger partial charge in [-0.1, -0.05) is 37.4 Å². The second-order valence-corrected chi connectivity index (χ2v) is 4.58. The zero-order valence-corrected chi connectivity index (χ0v) is 10.6. The van der Waals surface area contributed by atoms with Gasteiger partial charge >= 0.3 is 0 Å². The smallest absolute Gasteiger partial charge is 0.0637 e. The number of hydrogen-bond donors (Lipinski definition) is 1. The molecule has 0 saturated carbocycles. The van der Waals surface area contributed by atoms with Gasteiger partial charge in [0.2, 0.25) is 0 Å². The van der Waals surface area contributed by atoms with Gasteiger partial charge in [-0.2, -0.15) is 0 Å². The van der Waals surface area contributed by atoms with E-state index in [2.05, 4.69) is 32.2 Å². The fourth-order valence-corrected chi connectivity index (χ4v) is 1.77. The maximum Gasteiger partial charge on any atom is 0.0637 e. The molecule has 1 nitrogen and oxygen atoms in total. The lowest BCUT2D eigenvalue weighted by molar-refractivity contribution is 0.645. The van der Waals surface area contributed by atoms with Crippen LogP contribution in [0.5, 0.6) is 0 Å². The third kappa shape index (κ3) is 4.13. The molecule has 0 heterocycles. The van der Waals surface area contributed by atoms with Crippen molar-refractivity contribution in [2.75, 3.05) is 5.32 Å².